The van der Waals surface area contributed by atoms with E-state index >= 15 is 0 Å². The Bertz CT molecular complexity index is 843. The van der Waals surface area contributed by atoms with Crippen molar-refractivity contribution < 1.29 is 18.1 Å². The van der Waals surface area contributed by atoms with E-state index in [0.29, 0.717) is 24.8 Å². The van der Waals surface area contributed by atoms with Crippen LogP contribution in [0.5, 0.6) is 11.5 Å². The number of fused-ring (bicyclic) bond motifs is 3. The SMILES string of the molecule is [2H]c1c(O)c2c(c([2H])c1CCCCC)OC(C)(C)[C@@H]1CCC(C([2H])([2H])[2H])=C[C@@]21[2H]. The third-order valence-corrected chi connectivity index (χ3v) is 4.93. The lowest BCUT2D eigenvalue weighted by Gasteiger charge is -2.46. The van der Waals surface area contributed by atoms with E-state index < -0.39 is 24.3 Å². The molecule has 0 bridgehead atoms. The van der Waals surface area contributed by atoms with Gasteiger partial charge in [0.15, 0.2) is 0 Å². The molecule has 0 radical (unpaired) electrons. The second-order valence-corrected chi connectivity index (χ2v) is 7.16. The Morgan fingerprint density at radius 3 is 3.00 bits per heavy atom. The molecule has 2 nitrogen and oxygen atoms in total. The lowest BCUT2D eigenvalue weighted by atomic mass is 9.68. The van der Waals surface area contributed by atoms with Crippen molar-refractivity contribution in [2.24, 2.45) is 5.92 Å². The molecule has 1 aromatic carbocycles. The maximum absolute atomic E-state index is 10.9. The summed E-state index contributed by atoms with van der Waals surface area (Å²) in [5.41, 5.74) is -0.129. The fourth-order valence-corrected chi connectivity index (χ4v) is 3.68. The van der Waals surface area contributed by atoms with Crippen molar-refractivity contribution >= 4 is 0 Å². The molecule has 1 aliphatic carbocycles. The highest BCUT2D eigenvalue weighted by Gasteiger charge is 2.45. The van der Waals surface area contributed by atoms with Crippen LogP contribution in [0, 0.1) is 5.92 Å². The van der Waals surface area contributed by atoms with Gasteiger partial charge in [-0.3, -0.25) is 0 Å². The summed E-state index contributed by atoms with van der Waals surface area (Å²) in [6, 6.07) is -0.112. The molecule has 0 saturated carbocycles. The zero-order valence-corrected chi connectivity index (χ0v) is 14.3. The number of phenolic OH excluding ortho intramolecular Hbond substituents is 1. The highest BCUT2D eigenvalue weighted by molar-refractivity contribution is 5.53. The summed E-state index contributed by atoms with van der Waals surface area (Å²) in [5.74, 6) is -2.20. The van der Waals surface area contributed by atoms with Crippen LogP contribution in [0.4, 0.5) is 0 Å². The first-order chi connectivity index (χ1) is 13.3. The van der Waals surface area contributed by atoms with E-state index in [9.17, 15) is 6.48 Å². The number of hydrogen-bond donors (Lipinski definition) is 1. The molecule has 0 spiro atoms. The average molecular weight is 321 g/mol. The molecule has 2 aliphatic rings. The van der Waals surface area contributed by atoms with Crippen LogP contribution in [0.1, 0.15) is 85.0 Å². The first-order valence-electron chi connectivity index (χ1n) is 11.6. The molecular weight excluding hydrogens is 284 g/mol. The van der Waals surface area contributed by atoms with Crippen LogP contribution in [0.3, 0.4) is 0 Å². The summed E-state index contributed by atoms with van der Waals surface area (Å²) in [7, 11) is 0. The largest absolute Gasteiger partial charge is 0.507 e. The molecule has 0 saturated heterocycles. The highest BCUT2D eigenvalue weighted by Crippen LogP contribution is 2.53. The molecule has 3 rings (SSSR count). The number of benzene rings is 1. The average Bonchev–Trinajstić information content (AvgIpc) is 2.60. The number of ether oxygens (including phenoxy) is 1. The van der Waals surface area contributed by atoms with Gasteiger partial charge in [-0.2, -0.15) is 0 Å². The second kappa shape index (κ2) is 6.22. The minimum absolute atomic E-state index is 0.0338. The van der Waals surface area contributed by atoms with Crippen molar-refractivity contribution in [3.63, 3.8) is 0 Å². The van der Waals surface area contributed by atoms with E-state index in [-0.39, 0.29) is 34.7 Å². The predicted molar refractivity (Wildman–Crippen MR) is 95.3 cm³/mol. The van der Waals surface area contributed by atoms with Crippen LogP contribution in [0.25, 0.3) is 0 Å². The van der Waals surface area contributed by atoms with E-state index in [1.165, 1.54) is 6.08 Å². The smallest absolute Gasteiger partial charge is 0.127 e. The topological polar surface area (TPSA) is 29.5 Å². The van der Waals surface area contributed by atoms with Gasteiger partial charge in [-0.15, -0.1) is 0 Å². The zero-order valence-electron chi connectivity index (χ0n) is 20.3. The van der Waals surface area contributed by atoms with Crippen molar-refractivity contribution in [2.75, 3.05) is 0 Å². The second-order valence-electron chi connectivity index (χ2n) is 7.16. The maximum Gasteiger partial charge on any atom is 0.127 e. The van der Waals surface area contributed by atoms with Gasteiger partial charge in [0.2, 0.25) is 0 Å². The predicted octanol–water partition coefficient (Wildman–Crippen LogP) is 5.74. The summed E-state index contributed by atoms with van der Waals surface area (Å²) in [4.78, 5) is 0. The van der Waals surface area contributed by atoms with Gasteiger partial charge >= 0.3 is 0 Å². The van der Waals surface area contributed by atoms with E-state index in [4.69, 9.17) is 11.6 Å². The Morgan fingerprint density at radius 2 is 2.26 bits per heavy atom. The van der Waals surface area contributed by atoms with Crippen molar-refractivity contribution in [1.82, 2.24) is 0 Å². The Balaban J connectivity index is 2.25. The monoisotopic (exact) mass is 320 g/mol. The normalized spacial score (nSPS) is 32.7. The molecule has 1 N–H and O–H groups in total. The first kappa shape index (κ1) is 10.4. The lowest BCUT2D eigenvalue weighted by molar-refractivity contribution is 0.0107. The first-order valence-corrected chi connectivity index (χ1v) is 8.61. The molecule has 23 heavy (non-hydrogen) atoms. The van der Waals surface area contributed by atoms with Crippen molar-refractivity contribution in [1.29, 1.82) is 0 Å². The van der Waals surface area contributed by atoms with E-state index in [0.717, 1.165) is 19.3 Å². The van der Waals surface area contributed by atoms with Crippen LogP contribution >= 0.6 is 0 Å². The van der Waals surface area contributed by atoms with Crippen LogP contribution in [0.2, 0.25) is 0 Å². The van der Waals surface area contributed by atoms with Gasteiger partial charge < -0.3 is 9.84 Å². The quantitative estimate of drug-likeness (QED) is 0.566. The summed E-state index contributed by atoms with van der Waals surface area (Å²) in [6.45, 7) is 3.45. The molecule has 1 heterocycles. The van der Waals surface area contributed by atoms with Crippen LogP contribution in [-0.4, -0.2) is 10.7 Å². The number of hydrogen-bond acceptors (Lipinski definition) is 2. The van der Waals surface area contributed by atoms with Gasteiger partial charge in [-0.05, 0) is 64.0 Å². The summed E-state index contributed by atoms with van der Waals surface area (Å²) >= 11 is 0. The standard InChI is InChI=1S/C21H30O2/c1-5-6-7-8-15-12-18(22)20-16-11-14(2)9-10-17(16)21(3,4)23-19(20)13-15/h11-13,16-17,22H,5-10H2,1-4H3/t16-,17-/m1/s1/i2D3,12D,13D,16D. The van der Waals surface area contributed by atoms with Crippen molar-refractivity contribution in [3.8, 4) is 11.5 Å². The summed E-state index contributed by atoms with van der Waals surface area (Å²) in [6.07, 6.45) is 5.43. The fourth-order valence-electron chi connectivity index (χ4n) is 3.68. The molecule has 2 atom stereocenters. The molecule has 0 aromatic heterocycles. The lowest BCUT2D eigenvalue weighted by Crippen LogP contribution is -2.45. The van der Waals surface area contributed by atoms with Crippen LogP contribution < -0.4 is 4.74 Å². The van der Waals surface area contributed by atoms with E-state index in [2.05, 4.69) is 6.92 Å². The minimum atomic E-state index is -2.31. The number of allylic oxidation sites excluding steroid dienone is 2. The van der Waals surface area contributed by atoms with Gasteiger partial charge in [0, 0.05) is 22.9 Å². The van der Waals surface area contributed by atoms with Crippen LogP contribution in [-0.2, 0) is 6.42 Å². The molecule has 1 aromatic rings. The number of rotatable bonds is 4. The van der Waals surface area contributed by atoms with Gasteiger partial charge in [-0.1, -0.05) is 31.4 Å². The minimum Gasteiger partial charge on any atom is -0.507 e. The molecule has 0 unspecified atom stereocenters. The number of aromatic hydroxyl groups is 1. The highest BCUT2D eigenvalue weighted by atomic mass is 16.5. The zero-order chi connectivity index (χ0) is 21.8. The molecule has 126 valence electrons. The van der Waals surface area contributed by atoms with Crippen molar-refractivity contribution in [2.45, 2.75) is 77.6 Å². The van der Waals surface area contributed by atoms with Gasteiger partial charge in [0.1, 0.15) is 17.1 Å². The summed E-state index contributed by atoms with van der Waals surface area (Å²) in [5, 5.41) is 10.9. The number of unbranched alkanes of at least 4 members (excludes halogenated alkanes) is 2. The fraction of sp³-hybridized carbons (Fsp3) is 0.619. The van der Waals surface area contributed by atoms with Gasteiger partial charge in [-0.25, -0.2) is 0 Å². The molecule has 1 aliphatic heterocycles. The van der Waals surface area contributed by atoms with Crippen molar-refractivity contribution in [3.05, 3.63) is 34.9 Å². The molecular formula is C21H30O2. The molecule has 0 fully saturated rings. The van der Waals surface area contributed by atoms with Crippen LogP contribution in [0.15, 0.2) is 23.7 Å². The van der Waals surface area contributed by atoms with E-state index in [1.807, 2.05) is 13.8 Å². The molecule has 0 amide bonds. The van der Waals surface area contributed by atoms with Gasteiger partial charge in [0.25, 0.3) is 0 Å². The van der Waals surface area contributed by atoms with Gasteiger partial charge in [0.05, 0.1) is 2.74 Å². The maximum atomic E-state index is 10.9. The third-order valence-electron chi connectivity index (χ3n) is 4.93. The Hall–Kier alpha value is -1.44. The molecule has 2 heteroatoms. The third kappa shape index (κ3) is 3.13. The Morgan fingerprint density at radius 1 is 1.43 bits per heavy atom. The summed E-state index contributed by atoms with van der Waals surface area (Å²) < 4.78 is 55.9. The van der Waals surface area contributed by atoms with E-state index in [1.54, 1.807) is 0 Å². The Labute approximate surface area is 149 Å². The number of phenols is 1. The Kier molecular flexibility index (Phi) is 2.82.